The summed E-state index contributed by atoms with van der Waals surface area (Å²) in [5.41, 5.74) is -0.489. The van der Waals surface area contributed by atoms with Crippen molar-refractivity contribution in [3.8, 4) is 0 Å². The van der Waals surface area contributed by atoms with Gasteiger partial charge in [0.15, 0.2) is 0 Å². The van der Waals surface area contributed by atoms with Gasteiger partial charge in [-0.25, -0.2) is 9.59 Å². The number of alkyl carbamates (subject to hydrolysis) is 1. The molecule has 7 nitrogen and oxygen atoms in total. The van der Waals surface area contributed by atoms with E-state index in [0.717, 1.165) is 37.8 Å². The lowest BCUT2D eigenvalue weighted by atomic mass is 10.2. The van der Waals surface area contributed by atoms with Crippen LogP contribution in [-0.2, 0) is 14.3 Å². The molecule has 3 N–H and O–H groups in total. The lowest BCUT2D eigenvalue weighted by Gasteiger charge is -2.19. The van der Waals surface area contributed by atoms with E-state index in [1.807, 2.05) is 20.8 Å². The molecule has 0 saturated carbocycles. The van der Waals surface area contributed by atoms with E-state index < -0.39 is 23.6 Å². The molecular weight excluding hydrogens is 288 g/mol. The van der Waals surface area contributed by atoms with E-state index >= 15 is 0 Å². The lowest BCUT2D eigenvalue weighted by Crippen LogP contribution is -2.33. The quantitative estimate of drug-likeness (QED) is 0.445. The molecule has 0 aliphatic rings. The van der Waals surface area contributed by atoms with E-state index in [0.29, 0.717) is 13.1 Å². The number of carbonyl (C=O) groups excluding carboxylic acids is 2. The van der Waals surface area contributed by atoms with Crippen molar-refractivity contribution in [3.05, 3.63) is 12.2 Å². The maximum atomic E-state index is 11.3. The molecule has 0 aliphatic carbocycles. The Labute approximate surface area is 131 Å². The molecule has 0 aliphatic heterocycles. The van der Waals surface area contributed by atoms with E-state index in [2.05, 4.69) is 10.6 Å². The van der Waals surface area contributed by atoms with E-state index in [1.54, 1.807) is 0 Å². The molecule has 0 saturated heterocycles. The minimum Gasteiger partial charge on any atom is -0.478 e. The van der Waals surface area contributed by atoms with Gasteiger partial charge in [-0.15, -0.1) is 0 Å². The van der Waals surface area contributed by atoms with Gasteiger partial charge in [0.1, 0.15) is 5.60 Å². The molecule has 126 valence electrons. The zero-order valence-electron chi connectivity index (χ0n) is 13.5. The van der Waals surface area contributed by atoms with Crippen molar-refractivity contribution in [2.45, 2.75) is 52.1 Å². The number of carboxylic acids is 1. The van der Waals surface area contributed by atoms with Gasteiger partial charge in [-0.2, -0.15) is 0 Å². The fourth-order valence-corrected chi connectivity index (χ4v) is 1.53. The van der Waals surface area contributed by atoms with Crippen molar-refractivity contribution in [3.63, 3.8) is 0 Å². The molecule has 0 unspecified atom stereocenters. The molecule has 2 amide bonds. The molecule has 0 fully saturated rings. The van der Waals surface area contributed by atoms with Crippen molar-refractivity contribution in [1.82, 2.24) is 10.6 Å². The molecule has 0 atom stereocenters. The van der Waals surface area contributed by atoms with E-state index in [-0.39, 0.29) is 0 Å². The number of ether oxygens (including phenoxy) is 1. The van der Waals surface area contributed by atoms with Crippen LogP contribution < -0.4 is 10.6 Å². The molecule has 22 heavy (non-hydrogen) atoms. The summed E-state index contributed by atoms with van der Waals surface area (Å²) in [6.07, 6.45) is 4.87. The topological polar surface area (TPSA) is 105 Å². The zero-order valence-corrected chi connectivity index (χ0v) is 13.5. The first-order valence-corrected chi connectivity index (χ1v) is 7.36. The van der Waals surface area contributed by atoms with Crippen LogP contribution in [0, 0.1) is 0 Å². The summed E-state index contributed by atoms with van der Waals surface area (Å²) in [6, 6.07) is 0. The molecule has 0 aromatic heterocycles. The molecular formula is C15H26N2O5. The monoisotopic (exact) mass is 314 g/mol. The van der Waals surface area contributed by atoms with Gasteiger partial charge in [0.25, 0.3) is 0 Å². The highest BCUT2D eigenvalue weighted by Gasteiger charge is 2.15. The fraction of sp³-hybridized carbons (Fsp3) is 0.667. The number of nitrogens with one attached hydrogen (secondary N) is 2. The molecule has 0 aromatic carbocycles. The highest BCUT2D eigenvalue weighted by molar-refractivity contribution is 5.93. The van der Waals surface area contributed by atoms with Crippen LogP contribution in [-0.4, -0.2) is 41.8 Å². The van der Waals surface area contributed by atoms with Crippen LogP contribution in [0.1, 0.15) is 46.5 Å². The van der Waals surface area contributed by atoms with Gasteiger partial charge in [-0.3, -0.25) is 4.79 Å². The first kappa shape index (κ1) is 19.9. The second kappa shape index (κ2) is 10.6. The average Bonchev–Trinajstić information content (AvgIpc) is 2.37. The summed E-state index contributed by atoms with van der Waals surface area (Å²) >= 11 is 0. The number of carbonyl (C=O) groups is 3. The lowest BCUT2D eigenvalue weighted by molar-refractivity contribution is -0.131. The Balaban J connectivity index is 3.46. The Morgan fingerprint density at radius 3 is 2.00 bits per heavy atom. The zero-order chi connectivity index (χ0) is 17.0. The number of hydrogen-bond donors (Lipinski definition) is 3. The summed E-state index contributed by atoms with van der Waals surface area (Å²) in [4.78, 5) is 32.7. The van der Waals surface area contributed by atoms with Crippen LogP contribution in [0.15, 0.2) is 12.2 Å². The van der Waals surface area contributed by atoms with Crippen molar-refractivity contribution < 1.29 is 24.2 Å². The van der Waals surface area contributed by atoms with Crippen LogP contribution in [0.2, 0.25) is 0 Å². The second-order valence-electron chi connectivity index (χ2n) is 5.81. The van der Waals surface area contributed by atoms with Crippen LogP contribution in [0.3, 0.4) is 0 Å². The van der Waals surface area contributed by atoms with Crippen molar-refractivity contribution in [2.75, 3.05) is 13.1 Å². The summed E-state index contributed by atoms with van der Waals surface area (Å²) in [5, 5.41) is 13.6. The van der Waals surface area contributed by atoms with Crippen molar-refractivity contribution >= 4 is 18.0 Å². The Morgan fingerprint density at radius 2 is 1.50 bits per heavy atom. The molecule has 0 aromatic rings. The molecule has 0 rings (SSSR count). The van der Waals surface area contributed by atoms with Gasteiger partial charge in [0, 0.05) is 25.2 Å². The molecule has 0 heterocycles. The minimum atomic E-state index is -1.15. The van der Waals surface area contributed by atoms with E-state index in [4.69, 9.17) is 9.84 Å². The van der Waals surface area contributed by atoms with Gasteiger partial charge in [0.05, 0.1) is 0 Å². The fourth-order valence-electron chi connectivity index (χ4n) is 1.53. The third kappa shape index (κ3) is 14.4. The Bertz CT molecular complexity index is 399. The van der Waals surface area contributed by atoms with Crippen LogP contribution >= 0.6 is 0 Å². The second-order valence-corrected chi connectivity index (χ2v) is 5.81. The number of amides is 2. The number of hydrogen-bond acceptors (Lipinski definition) is 4. The number of rotatable bonds is 9. The van der Waals surface area contributed by atoms with Crippen molar-refractivity contribution in [1.29, 1.82) is 0 Å². The normalized spacial score (nSPS) is 11.2. The van der Waals surface area contributed by atoms with Crippen LogP contribution in [0.5, 0.6) is 0 Å². The molecule has 7 heteroatoms. The molecule has 0 bridgehead atoms. The number of unbranched alkanes of at least 4 members (excludes halogenated alkanes) is 3. The predicted octanol–water partition coefficient (Wildman–Crippen LogP) is 1.83. The van der Waals surface area contributed by atoms with Gasteiger partial charge in [0.2, 0.25) is 5.91 Å². The van der Waals surface area contributed by atoms with Gasteiger partial charge >= 0.3 is 12.1 Å². The van der Waals surface area contributed by atoms with Crippen molar-refractivity contribution in [2.24, 2.45) is 0 Å². The minimum absolute atomic E-state index is 0.408. The smallest absolute Gasteiger partial charge is 0.407 e. The maximum absolute atomic E-state index is 11.3. The van der Waals surface area contributed by atoms with Crippen LogP contribution in [0.25, 0.3) is 0 Å². The summed E-state index contributed by atoms with van der Waals surface area (Å²) < 4.78 is 5.10. The standard InChI is InChI=1S/C15H26N2O5/c1-15(2,3)22-14(21)17-11-7-5-4-6-10-16-12(18)8-9-13(19)20/h8-9H,4-7,10-11H2,1-3H3,(H,16,18)(H,17,21)(H,19,20)/b9-8-. The largest absolute Gasteiger partial charge is 0.478 e. The first-order valence-electron chi connectivity index (χ1n) is 7.36. The van der Waals surface area contributed by atoms with E-state index in [9.17, 15) is 14.4 Å². The van der Waals surface area contributed by atoms with Gasteiger partial charge in [-0.1, -0.05) is 12.8 Å². The van der Waals surface area contributed by atoms with Crippen LogP contribution in [0.4, 0.5) is 4.79 Å². The SMILES string of the molecule is CC(C)(C)OC(=O)NCCCCCCNC(=O)/C=C\C(=O)O. The summed E-state index contributed by atoms with van der Waals surface area (Å²) in [6.45, 7) is 6.50. The number of carboxylic acid groups (broad SMARTS) is 1. The Hall–Kier alpha value is -2.05. The first-order chi connectivity index (χ1) is 10.2. The summed E-state index contributed by atoms with van der Waals surface area (Å²) in [5.74, 6) is -1.55. The average molecular weight is 314 g/mol. The highest BCUT2D eigenvalue weighted by Crippen LogP contribution is 2.06. The molecule has 0 spiro atoms. The maximum Gasteiger partial charge on any atom is 0.407 e. The Morgan fingerprint density at radius 1 is 0.955 bits per heavy atom. The highest BCUT2D eigenvalue weighted by atomic mass is 16.6. The van der Waals surface area contributed by atoms with Gasteiger partial charge in [-0.05, 0) is 33.6 Å². The third-order valence-corrected chi connectivity index (χ3v) is 2.45. The Kier molecular flexibility index (Phi) is 9.65. The third-order valence-electron chi connectivity index (χ3n) is 2.45. The number of aliphatic carboxylic acids is 1. The van der Waals surface area contributed by atoms with E-state index in [1.165, 1.54) is 0 Å². The molecule has 0 radical (unpaired) electrons. The summed E-state index contributed by atoms with van der Waals surface area (Å²) in [7, 11) is 0. The predicted molar refractivity (Wildman–Crippen MR) is 82.5 cm³/mol. The van der Waals surface area contributed by atoms with Gasteiger partial charge < -0.3 is 20.5 Å².